The number of thioether (sulfide) groups is 1. The maximum Gasteiger partial charge on any atom is 0.229 e. The molecule has 0 bridgehead atoms. The second-order valence-corrected chi connectivity index (χ2v) is 8.31. The molecule has 1 aromatic heterocycles. The minimum atomic E-state index is -0.0957. The summed E-state index contributed by atoms with van der Waals surface area (Å²) in [6.07, 6.45) is 1.39. The molecule has 0 spiro atoms. The van der Waals surface area contributed by atoms with Gasteiger partial charge in [0.15, 0.2) is 0 Å². The van der Waals surface area contributed by atoms with Crippen LogP contribution in [-0.2, 0) is 11.2 Å². The Hall–Kier alpha value is -2.23. The number of allylic oxidation sites excluding steroid dienone is 1. The Bertz CT molecular complexity index is 881. The Morgan fingerprint density at radius 3 is 2.73 bits per heavy atom. The Morgan fingerprint density at radius 1 is 1.27 bits per heavy atom. The van der Waals surface area contributed by atoms with Gasteiger partial charge in [-0.05, 0) is 35.6 Å². The minimum Gasteiger partial charge on any atom is -0.344 e. The van der Waals surface area contributed by atoms with Gasteiger partial charge in [-0.2, -0.15) is 5.26 Å². The summed E-state index contributed by atoms with van der Waals surface area (Å²) in [5.41, 5.74) is 3.15. The molecule has 132 valence electrons. The predicted molar refractivity (Wildman–Crippen MR) is 107 cm³/mol. The van der Waals surface area contributed by atoms with Gasteiger partial charge in [-0.25, -0.2) is 0 Å². The number of anilines is 1. The molecule has 1 atom stereocenters. The molecule has 2 aliphatic heterocycles. The normalized spacial score (nSPS) is 20.2. The van der Waals surface area contributed by atoms with Gasteiger partial charge in [0.05, 0.1) is 29.2 Å². The number of thiophene rings is 1. The van der Waals surface area contributed by atoms with Crippen molar-refractivity contribution < 1.29 is 4.79 Å². The van der Waals surface area contributed by atoms with Crippen molar-refractivity contribution in [3.63, 3.8) is 0 Å². The molecule has 0 saturated carbocycles. The summed E-state index contributed by atoms with van der Waals surface area (Å²) in [4.78, 5) is 17.9. The highest BCUT2D eigenvalue weighted by Crippen LogP contribution is 2.44. The lowest BCUT2D eigenvalue weighted by molar-refractivity contribution is -0.129. The lowest BCUT2D eigenvalue weighted by atomic mass is 9.92. The van der Waals surface area contributed by atoms with Crippen molar-refractivity contribution >= 4 is 34.7 Å². The fourth-order valence-corrected chi connectivity index (χ4v) is 5.41. The zero-order valence-electron chi connectivity index (χ0n) is 14.5. The second kappa shape index (κ2) is 7.18. The molecule has 1 fully saturated rings. The van der Waals surface area contributed by atoms with E-state index < -0.39 is 0 Å². The van der Waals surface area contributed by atoms with Crippen LogP contribution in [0.2, 0.25) is 0 Å². The smallest absolute Gasteiger partial charge is 0.229 e. The van der Waals surface area contributed by atoms with Gasteiger partial charge in [-0.1, -0.05) is 36.9 Å². The maximum atomic E-state index is 12.8. The van der Waals surface area contributed by atoms with E-state index >= 15 is 0 Å². The number of rotatable bonds is 3. The van der Waals surface area contributed by atoms with E-state index in [1.807, 2.05) is 17.5 Å². The molecule has 0 aliphatic carbocycles. The molecule has 3 heterocycles. The van der Waals surface area contributed by atoms with Crippen LogP contribution in [0.5, 0.6) is 0 Å². The summed E-state index contributed by atoms with van der Waals surface area (Å²) in [6, 6.07) is 14.9. The van der Waals surface area contributed by atoms with E-state index in [4.69, 9.17) is 0 Å². The molecule has 4 nitrogen and oxygen atoms in total. The number of hydrogen-bond acceptors (Lipinski definition) is 5. The van der Waals surface area contributed by atoms with Crippen LogP contribution in [0.3, 0.4) is 0 Å². The van der Waals surface area contributed by atoms with Crippen LogP contribution in [0, 0.1) is 11.3 Å². The van der Waals surface area contributed by atoms with Crippen LogP contribution in [0.1, 0.15) is 29.7 Å². The summed E-state index contributed by atoms with van der Waals surface area (Å²) in [5.74, 6) is 0.744. The Kier molecular flexibility index (Phi) is 4.75. The molecular formula is C20H19N3OS2. The molecule has 0 radical (unpaired) electrons. The van der Waals surface area contributed by atoms with E-state index in [0.29, 0.717) is 13.1 Å². The molecule has 2 aromatic rings. The number of benzene rings is 1. The first-order chi connectivity index (χ1) is 12.7. The minimum absolute atomic E-state index is 0.0957. The first kappa shape index (κ1) is 17.2. The van der Waals surface area contributed by atoms with Crippen molar-refractivity contribution in [2.24, 2.45) is 0 Å². The molecule has 26 heavy (non-hydrogen) atoms. The van der Waals surface area contributed by atoms with Crippen LogP contribution in [-0.4, -0.2) is 23.4 Å². The third kappa shape index (κ3) is 3.02. The summed E-state index contributed by atoms with van der Waals surface area (Å²) < 4.78 is 0. The number of amides is 1. The van der Waals surface area contributed by atoms with Crippen LogP contribution in [0.15, 0.2) is 52.4 Å². The van der Waals surface area contributed by atoms with E-state index in [0.717, 1.165) is 33.5 Å². The molecule has 1 aromatic carbocycles. The summed E-state index contributed by atoms with van der Waals surface area (Å²) >= 11 is 3.21. The fraction of sp³-hybridized carbons (Fsp3) is 0.300. The zero-order chi connectivity index (χ0) is 18.1. The standard InChI is InChI=1S/C20H19N3OS2/c1-2-14-5-7-15(8-6-14)22-12-23-19(24)10-16(18-4-3-9-25-18)17(11-21)20(23)26-13-22/h3-9,16H,2,10,12-13H2,1H3/t16-/m1/s1. The van der Waals surface area contributed by atoms with Gasteiger partial charge in [0, 0.05) is 22.9 Å². The molecular weight excluding hydrogens is 362 g/mol. The number of nitrogens with zero attached hydrogens (tertiary/aromatic N) is 3. The van der Waals surface area contributed by atoms with E-state index in [1.54, 1.807) is 28.0 Å². The molecule has 1 saturated heterocycles. The van der Waals surface area contributed by atoms with Gasteiger partial charge in [0.25, 0.3) is 0 Å². The highest BCUT2D eigenvalue weighted by Gasteiger charge is 2.38. The van der Waals surface area contributed by atoms with Crippen molar-refractivity contribution in [1.82, 2.24) is 4.90 Å². The molecule has 4 rings (SSSR count). The molecule has 0 unspecified atom stereocenters. The highest BCUT2D eigenvalue weighted by molar-refractivity contribution is 8.03. The van der Waals surface area contributed by atoms with E-state index in [1.165, 1.54) is 5.56 Å². The van der Waals surface area contributed by atoms with Crippen molar-refractivity contribution in [3.8, 4) is 6.07 Å². The predicted octanol–water partition coefficient (Wildman–Crippen LogP) is 4.53. The number of hydrogen-bond donors (Lipinski definition) is 0. The number of fused-ring (bicyclic) bond motifs is 1. The van der Waals surface area contributed by atoms with E-state index in [9.17, 15) is 10.1 Å². The van der Waals surface area contributed by atoms with E-state index in [-0.39, 0.29) is 11.8 Å². The lowest BCUT2D eigenvalue weighted by Gasteiger charge is -2.42. The molecule has 6 heteroatoms. The SMILES string of the molecule is CCc1ccc(N2CSC3=C(C#N)[C@H](c4cccs4)CC(=O)N3C2)cc1. The molecule has 2 aliphatic rings. The van der Waals surface area contributed by atoms with Crippen LogP contribution >= 0.6 is 23.1 Å². The Balaban J connectivity index is 1.62. The Morgan fingerprint density at radius 2 is 2.08 bits per heavy atom. The topological polar surface area (TPSA) is 47.3 Å². The quantitative estimate of drug-likeness (QED) is 0.784. The zero-order valence-corrected chi connectivity index (χ0v) is 16.1. The molecule has 0 N–H and O–H groups in total. The summed E-state index contributed by atoms with van der Waals surface area (Å²) in [6.45, 7) is 2.65. The van der Waals surface area contributed by atoms with Crippen molar-refractivity contribution in [3.05, 3.63) is 62.8 Å². The summed E-state index contributed by atoms with van der Waals surface area (Å²) in [7, 11) is 0. The Labute approximate surface area is 161 Å². The number of nitriles is 1. The lowest BCUT2D eigenvalue weighted by Crippen LogP contribution is -2.47. The van der Waals surface area contributed by atoms with Gasteiger partial charge in [-0.3, -0.25) is 9.69 Å². The van der Waals surface area contributed by atoms with Gasteiger partial charge in [0.2, 0.25) is 5.91 Å². The second-order valence-electron chi connectivity index (χ2n) is 6.40. The third-order valence-electron chi connectivity index (χ3n) is 4.89. The number of aryl methyl sites for hydroxylation is 1. The average molecular weight is 382 g/mol. The van der Waals surface area contributed by atoms with Crippen molar-refractivity contribution in [1.29, 1.82) is 5.26 Å². The van der Waals surface area contributed by atoms with Gasteiger partial charge >= 0.3 is 0 Å². The third-order valence-corrected chi connectivity index (χ3v) is 7.03. The number of carbonyl (C=O) groups excluding carboxylic acids is 1. The molecule has 1 amide bonds. The van der Waals surface area contributed by atoms with Crippen molar-refractivity contribution in [2.75, 3.05) is 17.4 Å². The van der Waals surface area contributed by atoms with Gasteiger partial charge < -0.3 is 4.90 Å². The maximum absolute atomic E-state index is 12.8. The van der Waals surface area contributed by atoms with Gasteiger partial charge in [-0.15, -0.1) is 11.3 Å². The monoisotopic (exact) mass is 381 g/mol. The van der Waals surface area contributed by atoms with Crippen molar-refractivity contribution in [2.45, 2.75) is 25.7 Å². The van der Waals surface area contributed by atoms with Crippen LogP contribution in [0.4, 0.5) is 5.69 Å². The average Bonchev–Trinajstić information content (AvgIpc) is 3.22. The first-order valence-electron chi connectivity index (χ1n) is 8.66. The fourth-order valence-electron chi connectivity index (χ4n) is 3.40. The van der Waals surface area contributed by atoms with Gasteiger partial charge in [0.1, 0.15) is 0 Å². The highest BCUT2D eigenvalue weighted by atomic mass is 32.2. The summed E-state index contributed by atoms with van der Waals surface area (Å²) in [5, 5.41) is 12.6. The van der Waals surface area contributed by atoms with Crippen LogP contribution in [0.25, 0.3) is 0 Å². The van der Waals surface area contributed by atoms with Crippen LogP contribution < -0.4 is 4.90 Å². The van der Waals surface area contributed by atoms with E-state index in [2.05, 4.69) is 42.2 Å². The largest absolute Gasteiger partial charge is 0.344 e. The first-order valence-corrected chi connectivity index (χ1v) is 10.5. The number of carbonyl (C=O) groups is 1.